The van der Waals surface area contributed by atoms with Gasteiger partial charge < -0.3 is 15.7 Å². The number of carbonyl (C=O) groups excluding carboxylic acids is 1. The van der Waals surface area contributed by atoms with E-state index in [-0.39, 0.29) is 12.5 Å². The molecule has 0 bridgehead atoms. The molecule has 2 atom stereocenters. The standard InChI is InChI=1S/C14H24N2O3/c1-10(11-3-2-6-15-8-11)7-12(17)16-9-14(4-5-14)13(18)19/h10-11,15H,2-9H2,1H3,(H,16,17)(H,18,19). The lowest BCUT2D eigenvalue weighted by Gasteiger charge is -2.28. The molecule has 0 spiro atoms. The van der Waals surface area contributed by atoms with Crippen molar-refractivity contribution in [3.05, 3.63) is 0 Å². The molecule has 5 nitrogen and oxygen atoms in total. The second-order valence-electron chi connectivity index (χ2n) is 6.15. The molecule has 0 aromatic heterocycles. The predicted molar refractivity (Wildman–Crippen MR) is 71.7 cm³/mol. The first-order chi connectivity index (χ1) is 9.03. The van der Waals surface area contributed by atoms with E-state index < -0.39 is 11.4 Å². The van der Waals surface area contributed by atoms with Crippen molar-refractivity contribution in [3.63, 3.8) is 0 Å². The summed E-state index contributed by atoms with van der Waals surface area (Å²) in [6.07, 6.45) is 4.23. The molecule has 108 valence electrons. The van der Waals surface area contributed by atoms with E-state index in [1.165, 1.54) is 12.8 Å². The third-order valence-electron chi connectivity index (χ3n) is 4.58. The Morgan fingerprint density at radius 1 is 1.47 bits per heavy atom. The average Bonchev–Trinajstić information content (AvgIpc) is 3.18. The summed E-state index contributed by atoms with van der Waals surface area (Å²) in [6, 6.07) is 0. The number of carboxylic acid groups (broad SMARTS) is 1. The highest BCUT2D eigenvalue weighted by atomic mass is 16.4. The van der Waals surface area contributed by atoms with Gasteiger partial charge in [0.2, 0.25) is 5.91 Å². The van der Waals surface area contributed by atoms with Crippen molar-refractivity contribution in [2.24, 2.45) is 17.3 Å². The molecule has 1 aliphatic carbocycles. The molecule has 1 saturated heterocycles. The van der Waals surface area contributed by atoms with Gasteiger partial charge in [-0.3, -0.25) is 9.59 Å². The second-order valence-corrected chi connectivity index (χ2v) is 6.15. The molecule has 1 saturated carbocycles. The smallest absolute Gasteiger partial charge is 0.311 e. The van der Waals surface area contributed by atoms with E-state index in [4.69, 9.17) is 5.11 Å². The van der Waals surface area contributed by atoms with Crippen molar-refractivity contribution in [3.8, 4) is 0 Å². The first-order valence-electron chi connectivity index (χ1n) is 7.24. The monoisotopic (exact) mass is 268 g/mol. The van der Waals surface area contributed by atoms with Crippen LogP contribution in [0.3, 0.4) is 0 Å². The van der Waals surface area contributed by atoms with Gasteiger partial charge in [0.05, 0.1) is 5.41 Å². The molecule has 0 aromatic carbocycles. The third kappa shape index (κ3) is 3.69. The van der Waals surface area contributed by atoms with E-state index in [0.717, 1.165) is 13.1 Å². The van der Waals surface area contributed by atoms with Crippen molar-refractivity contribution >= 4 is 11.9 Å². The Labute approximate surface area is 114 Å². The Bertz CT molecular complexity index is 347. The molecule has 0 aromatic rings. The first-order valence-corrected chi connectivity index (χ1v) is 7.24. The molecular weight excluding hydrogens is 244 g/mol. The lowest BCUT2D eigenvalue weighted by molar-refractivity contribution is -0.143. The van der Waals surface area contributed by atoms with E-state index in [1.807, 2.05) is 0 Å². The molecule has 2 rings (SSSR count). The summed E-state index contributed by atoms with van der Waals surface area (Å²) >= 11 is 0. The van der Waals surface area contributed by atoms with Gasteiger partial charge >= 0.3 is 5.97 Å². The summed E-state index contributed by atoms with van der Waals surface area (Å²) in [5.74, 6) is 0.129. The van der Waals surface area contributed by atoms with Crippen LogP contribution in [0.2, 0.25) is 0 Å². The molecule has 2 aliphatic rings. The van der Waals surface area contributed by atoms with Gasteiger partial charge in [0.15, 0.2) is 0 Å². The van der Waals surface area contributed by atoms with Crippen LogP contribution in [-0.4, -0.2) is 36.6 Å². The maximum atomic E-state index is 11.9. The number of carbonyl (C=O) groups is 2. The quantitative estimate of drug-likeness (QED) is 0.671. The van der Waals surface area contributed by atoms with Crippen molar-refractivity contribution in [1.82, 2.24) is 10.6 Å². The highest BCUT2D eigenvalue weighted by molar-refractivity contribution is 5.81. The molecule has 19 heavy (non-hydrogen) atoms. The van der Waals surface area contributed by atoms with Crippen LogP contribution in [0.4, 0.5) is 0 Å². The van der Waals surface area contributed by atoms with E-state index in [0.29, 0.717) is 31.1 Å². The minimum atomic E-state index is -0.780. The van der Waals surface area contributed by atoms with Crippen LogP contribution in [0, 0.1) is 17.3 Å². The van der Waals surface area contributed by atoms with E-state index in [1.54, 1.807) is 0 Å². The van der Waals surface area contributed by atoms with Crippen molar-refractivity contribution in [2.75, 3.05) is 19.6 Å². The highest BCUT2D eigenvalue weighted by Crippen LogP contribution is 2.45. The van der Waals surface area contributed by atoms with Gasteiger partial charge in [0.1, 0.15) is 0 Å². The van der Waals surface area contributed by atoms with Crippen molar-refractivity contribution in [2.45, 2.75) is 39.0 Å². The van der Waals surface area contributed by atoms with E-state index in [9.17, 15) is 9.59 Å². The Morgan fingerprint density at radius 2 is 2.21 bits per heavy atom. The van der Waals surface area contributed by atoms with Crippen LogP contribution < -0.4 is 10.6 Å². The zero-order chi connectivity index (χ0) is 13.9. The molecule has 0 radical (unpaired) electrons. The van der Waals surface area contributed by atoms with E-state index in [2.05, 4.69) is 17.6 Å². The average molecular weight is 268 g/mol. The van der Waals surface area contributed by atoms with Gasteiger partial charge in [-0.25, -0.2) is 0 Å². The molecule has 1 amide bonds. The highest BCUT2D eigenvalue weighted by Gasteiger charge is 2.50. The summed E-state index contributed by atoms with van der Waals surface area (Å²) in [4.78, 5) is 22.9. The number of piperidine rings is 1. The van der Waals surface area contributed by atoms with Gasteiger partial charge in [0, 0.05) is 13.0 Å². The van der Waals surface area contributed by atoms with Gasteiger partial charge in [-0.2, -0.15) is 0 Å². The lowest BCUT2D eigenvalue weighted by Crippen LogP contribution is -2.38. The molecular formula is C14H24N2O3. The van der Waals surface area contributed by atoms with Gasteiger partial charge in [-0.1, -0.05) is 6.92 Å². The topological polar surface area (TPSA) is 78.4 Å². The maximum Gasteiger partial charge on any atom is 0.311 e. The fourth-order valence-corrected chi connectivity index (χ4v) is 2.78. The first kappa shape index (κ1) is 14.3. The number of rotatable bonds is 6. The Hall–Kier alpha value is -1.10. The van der Waals surface area contributed by atoms with Crippen LogP contribution >= 0.6 is 0 Å². The van der Waals surface area contributed by atoms with Gasteiger partial charge in [0.25, 0.3) is 0 Å². The fraction of sp³-hybridized carbons (Fsp3) is 0.857. The Morgan fingerprint density at radius 3 is 2.74 bits per heavy atom. The minimum absolute atomic E-state index is 0.00871. The van der Waals surface area contributed by atoms with Crippen molar-refractivity contribution in [1.29, 1.82) is 0 Å². The Balaban J connectivity index is 1.70. The van der Waals surface area contributed by atoms with Crippen molar-refractivity contribution < 1.29 is 14.7 Å². The summed E-state index contributed by atoms with van der Waals surface area (Å²) < 4.78 is 0. The summed E-state index contributed by atoms with van der Waals surface area (Å²) in [7, 11) is 0. The van der Waals surface area contributed by atoms with Gasteiger partial charge in [-0.15, -0.1) is 0 Å². The molecule has 2 unspecified atom stereocenters. The maximum absolute atomic E-state index is 11.9. The zero-order valence-electron chi connectivity index (χ0n) is 11.6. The number of aliphatic carboxylic acids is 1. The zero-order valence-corrected chi connectivity index (χ0v) is 11.6. The number of amides is 1. The van der Waals surface area contributed by atoms with Crippen LogP contribution in [0.25, 0.3) is 0 Å². The van der Waals surface area contributed by atoms with Crippen LogP contribution in [0.5, 0.6) is 0 Å². The second kappa shape index (κ2) is 5.90. The normalized spacial score (nSPS) is 26.5. The number of nitrogens with one attached hydrogen (secondary N) is 2. The summed E-state index contributed by atoms with van der Waals surface area (Å²) in [5, 5.41) is 15.2. The number of hydrogen-bond acceptors (Lipinski definition) is 3. The largest absolute Gasteiger partial charge is 0.481 e. The molecule has 2 fully saturated rings. The third-order valence-corrected chi connectivity index (χ3v) is 4.58. The van der Waals surface area contributed by atoms with Crippen LogP contribution in [0.1, 0.15) is 39.0 Å². The van der Waals surface area contributed by atoms with Crippen LogP contribution in [-0.2, 0) is 9.59 Å². The Kier molecular flexibility index (Phi) is 4.45. The molecule has 3 N–H and O–H groups in total. The minimum Gasteiger partial charge on any atom is -0.481 e. The lowest BCUT2D eigenvalue weighted by atomic mass is 9.85. The summed E-state index contributed by atoms with van der Waals surface area (Å²) in [6.45, 7) is 4.47. The predicted octanol–water partition coefficient (Wildman–Crippen LogP) is 0.993. The molecule has 1 aliphatic heterocycles. The van der Waals surface area contributed by atoms with E-state index >= 15 is 0 Å². The number of carboxylic acids is 1. The number of hydrogen-bond donors (Lipinski definition) is 3. The molecule has 5 heteroatoms. The molecule has 1 heterocycles. The SMILES string of the molecule is CC(CC(=O)NCC1(C(=O)O)CC1)C1CCCNC1. The fourth-order valence-electron chi connectivity index (χ4n) is 2.78. The van der Waals surface area contributed by atoms with Crippen LogP contribution in [0.15, 0.2) is 0 Å². The summed E-state index contributed by atoms with van der Waals surface area (Å²) in [5.41, 5.74) is -0.661. The van der Waals surface area contributed by atoms with Gasteiger partial charge in [-0.05, 0) is 50.6 Å².